The molecule has 1 unspecified atom stereocenters. The monoisotopic (exact) mass is 303 g/mol. The predicted molar refractivity (Wildman–Crippen MR) is 86.6 cm³/mol. The Labute approximate surface area is 131 Å². The lowest BCUT2D eigenvalue weighted by atomic mass is 9.82. The molecule has 22 heavy (non-hydrogen) atoms. The Hall–Kier alpha value is -1.71. The van der Waals surface area contributed by atoms with Crippen LogP contribution in [0.15, 0.2) is 10.8 Å². The van der Waals surface area contributed by atoms with Gasteiger partial charge in [0, 0.05) is 17.9 Å². The molecule has 120 valence electrons. The van der Waals surface area contributed by atoms with Gasteiger partial charge in [-0.3, -0.25) is 0 Å². The molecule has 4 nitrogen and oxygen atoms in total. The summed E-state index contributed by atoms with van der Waals surface area (Å²) in [6, 6.07) is 0. The third kappa shape index (κ3) is 1.93. The highest BCUT2D eigenvalue weighted by molar-refractivity contribution is 5.89. The zero-order valence-corrected chi connectivity index (χ0v) is 14.7. The maximum atomic E-state index is 6.29. The average Bonchev–Trinajstić information content (AvgIpc) is 2.90. The fourth-order valence-corrected chi connectivity index (χ4v) is 3.00. The minimum Gasteiger partial charge on any atom is -0.448 e. The van der Waals surface area contributed by atoms with Gasteiger partial charge in [0.1, 0.15) is 5.52 Å². The van der Waals surface area contributed by atoms with E-state index in [4.69, 9.17) is 13.9 Å². The second-order valence-corrected chi connectivity index (χ2v) is 8.34. The van der Waals surface area contributed by atoms with E-state index in [0.717, 1.165) is 22.4 Å². The van der Waals surface area contributed by atoms with Crippen molar-refractivity contribution in [3.05, 3.63) is 17.5 Å². The van der Waals surface area contributed by atoms with Gasteiger partial charge in [0.2, 0.25) is 11.3 Å². The summed E-state index contributed by atoms with van der Waals surface area (Å²) >= 11 is 0. The molecule has 4 heteroatoms. The van der Waals surface area contributed by atoms with Gasteiger partial charge in [-0.25, -0.2) is 4.98 Å². The molecular formula is C18H25NO3. The number of aromatic nitrogens is 1. The molecule has 1 aliphatic rings. The van der Waals surface area contributed by atoms with E-state index in [0.29, 0.717) is 11.3 Å². The zero-order valence-electron chi connectivity index (χ0n) is 14.7. The molecule has 0 aliphatic carbocycles. The number of hydrogen-bond donors (Lipinski definition) is 0. The molecule has 1 aromatic carbocycles. The quantitative estimate of drug-likeness (QED) is 0.689. The topological polar surface area (TPSA) is 44.5 Å². The zero-order chi connectivity index (χ0) is 16.5. The second-order valence-electron chi connectivity index (χ2n) is 8.34. The van der Waals surface area contributed by atoms with E-state index in [1.54, 1.807) is 0 Å². The summed E-state index contributed by atoms with van der Waals surface area (Å²) < 4.78 is 18.2. The van der Waals surface area contributed by atoms with Gasteiger partial charge in [0.05, 0.1) is 0 Å². The van der Waals surface area contributed by atoms with E-state index in [-0.39, 0.29) is 10.8 Å². The third-order valence-electron chi connectivity index (χ3n) is 4.64. The first-order valence-electron chi connectivity index (χ1n) is 7.74. The molecule has 0 radical (unpaired) electrons. The highest BCUT2D eigenvalue weighted by Crippen LogP contribution is 2.53. The van der Waals surface area contributed by atoms with Gasteiger partial charge in [-0.15, -0.1) is 0 Å². The number of oxazole rings is 1. The fraction of sp³-hybridized carbons (Fsp3) is 0.611. The Morgan fingerprint density at radius 1 is 1.00 bits per heavy atom. The average molecular weight is 303 g/mol. The van der Waals surface area contributed by atoms with Crippen LogP contribution in [0.1, 0.15) is 59.6 Å². The number of hydrogen-bond acceptors (Lipinski definition) is 4. The van der Waals surface area contributed by atoms with Crippen LogP contribution in [0.4, 0.5) is 0 Å². The van der Waals surface area contributed by atoms with Crippen LogP contribution in [0.5, 0.6) is 11.5 Å². The van der Waals surface area contributed by atoms with Crippen molar-refractivity contribution in [3.8, 4) is 11.5 Å². The van der Waals surface area contributed by atoms with Crippen molar-refractivity contribution in [3.63, 3.8) is 0 Å². The highest BCUT2D eigenvalue weighted by Gasteiger charge is 2.49. The van der Waals surface area contributed by atoms with Gasteiger partial charge >= 0.3 is 0 Å². The molecule has 0 saturated heterocycles. The minimum absolute atomic E-state index is 0.0572. The van der Waals surface area contributed by atoms with Crippen LogP contribution in [0.3, 0.4) is 0 Å². The summed E-state index contributed by atoms with van der Waals surface area (Å²) in [5.74, 6) is 0.734. The predicted octanol–water partition coefficient (Wildman–Crippen LogP) is 4.97. The lowest BCUT2D eigenvalue weighted by molar-refractivity contribution is -0.142. The van der Waals surface area contributed by atoms with Crippen molar-refractivity contribution in [2.75, 3.05) is 0 Å². The van der Waals surface area contributed by atoms with E-state index in [9.17, 15) is 0 Å². The smallest absolute Gasteiger partial charge is 0.253 e. The molecule has 0 saturated carbocycles. The number of rotatable bonds is 0. The van der Waals surface area contributed by atoms with Crippen molar-refractivity contribution in [1.82, 2.24) is 4.98 Å². The molecule has 1 aliphatic heterocycles. The summed E-state index contributed by atoms with van der Waals surface area (Å²) in [5, 5.41) is 0. The van der Waals surface area contributed by atoms with Crippen molar-refractivity contribution in [2.45, 2.75) is 66.6 Å². The first-order valence-corrected chi connectivity index (χ1v) is 7.74. The molecule has 1 aromatic heterocycles. The van der Waals surface area contributed by atoms with Crippen LogP contribution in [0, 0.1) is 12.3 Å². The summed E-state index contributed by atoms with van der Waals surface area (Å²) in [6.45, 7) is 16.9. The molecular weight excluding hydrogens is 278 g/mol. The number of nitrogens with zero attached hydrogens (tertiary/aromatic N) is 1. The van der Waals surface area contributed by atoms with Gasteiger partial charge in [0.15, 0.2) is 12.1 Å². The lowest BCUT2D eigenvalue weighted by Crippen LogP contribution is -2.47. The van der Waals surface area contributed by atoms with Gasteiger partial charge in [-0.2, -0.15) is 0 Å². The van der Waals surface area contributed by atoms with Gasteiger partial charge < -0.3 is 13.9 Å². The molecule has 2 aromatic rings. The van der Waals surface area contributed by atoms with E-state index < -0.39 is 5.79 Å². The molecule has 0 fully saturated rings. The van der Waals surface area contributed by atoms with Crippen LogP contribution in [-0.2, 0) is 5.41 Å². The highest BCUT2D eigenvalue weighted by atomic mass is 16.7. The van der Waals surface area contributed by atoms with Gasteiger partial charge in [0.25, 0.3) is 5.79 Å². The van der Waals surface area contributed by atoms with Crippen LogP contribution in [0.25, 0.3) is 11.1 Å². The molecule has 1 atom stereocenters. The number of ether oxygens (including phenoxy) is 2. The molecule has 0 spiro atoms. The molecule has 0 N–H and O–H groups in total. The fourth-order valence-electron chi connectivity index (χ4n) is 3.00. The maximum Gasteiger partial charge on any atom is 0.253 e. The minimum atomic E-state index is -0.726. The number of benzene rings is 1. The van der Waals surface area contributed by atoms with Crippen molar-refractivity contribution in [1.29, 1.82) is 0 Å². The SMILES string of the molecule is Cc1c2c(c3ocnc3c1C(C)(C)C)OC(C)(C(C)(C)C)O2. The van der Waals surface area contributed by atoms with Crippen molar-refractivity contribution < 1.29 is 13.9 Å². The summed E-state index contributed by atoms with van der Waals surface area (Å²) in [4.78, 5) is 4.43. The molecule has 0 amide bonds. The van der Waals surface area contributed by atoms with Gasteiger partial charge in [-0.05, 0) is 17.9 Å². The standard InChI is InChI=1S/C18H25NO3/c1-10-11(16(2,3)4)12-14(20-9-19-12)15-13(10)21-18(8,22-15)17(5,6)7/h9H,1-8H3. The van der Waals surface area contributed by atoms with Crippen LogP contribution >= 0.6 is 0 Å². The maximum absolute atomic E-state index is 6.29. The third-order valence-corrected chi connectivity index (χ3v) is 4.64. The lowest BCUT2D eigenvalue weighted by Gasteiger charge is -2.35. The summed E-state index contributed by atoms with van der Waals surface area (Å²) in [5.41, 5.74) is 3.54. The number of fused-ring (bicyclic) bond motifs is 3. The van der Waals surface area contributed by atoms with E-state index in [2.05, 4.69) is 53.5 Å². The largest absolute Gasteiger partial charge is 0.448 e. The Kier molecular flexibility index (Phi) is 2.89. The van der Waals surface area contributed by atoms with Crippen LogP contribution in [-0.4, -0.2) is 10.8 Å². The summed E-state index contributed by atoms with van der Waals surface area (Å²) in [7, 11) is 0. The van der Waals surface area contributed by atoms with Crippen LogP contribution in [0.2, 0.25) is 0 Å². The van der Waals surface area contributed by atoms with E-state index >= 15 is 0 Å². The normalized spacial score (nSPS) is 21.6. The Morgan fingerprint density at radius 3 is 2.14 bits per heavy atom. The second kappa shape index (κ2) is 4.18. The van der Waals surface area contributed by atoms with Crippen molar-refractivity contribution in [2.24, 2.45) is 5.41 Å². The van der Waals surface area contributed by atoms with Crippen LogP contribution < -0.4 is 9.47 Å². The first kappa shape index (κ1) is 15.2. The molecule has 0 bridgehead atoms. The van der Waals surface area contributed by atoms with Crippen molar-refractivity contribution >= 4 is 11.1 Å². The summed E-state index contributed by atoms with van der Waals surface area (Å²) in [6.07, 6.45) is 1.48. The molecule has 2 heterocycles. The first-order chi connectivity index (χ1) is 9.96. The Bertz CT molecular complexity index is 746. The Balaban J connectivity index is 2.31. The Morgan fingerprint density at radius 2 is 1.59 bits per heavy atom. The van der Waals surface area contributed by atoms with E-state index in [1.807, 2.05) is 6.92 Å². The van der Waals surface area contributed by atoms with Gasteiger partial charge in [-0.1, -0.05) is 41.5 Å². The molecule has 3 rings (SSSR count). The van der Waals surface area contributed by atoms with E-state index in [1.165, 1.54) is 6.39 Å².